The van der Waals surface area contributed by atoms with Gasteiger partial charge in [-0.3, -0.25) is 0 Å². The van der Waals surface area contributed by atoms with Crippen LogP contribution in [0, 0.1) is 0 Å². The fourth-order valence-corrected chi connectivity index (χ4v) is 4.82. The molecular weight excluding hydrogens is 504 g/mol. The van der Waals surface area contributed by atoms with E-state index in [-0.39, 0.29) is 17.2 Å². The number of tetrazole rings is 1. The Morgan fingerprint density at radius 2 is 1.72 bits per heavy atom. The van der Waals surface area contributed by atoms with Crippen molar-refractivity contribution in [2.75, 3.05) is 6.54 Å². The van der Waals surface area contributed by atoms with Gasteiger partial charge in [0.05, 0.1) is 17.1 Å². The summed E-state index contributed by atoms with van der Waals surface area (Å²) in [5, 5.41) is 29.4. The van der Waals surface area contributed by atoms with Crippen LogP contribution in [0.15, 0.2) is 99.6 Å². The van der Waals surface area contributed by atoms with Gasteiger partial charge in [0.25, 0.3) is 10.0 Å². The molecule has 1 atom stereocenters. The van der Waals surface area contributed by atoms with E-state index in [1.54, 1.807) is 48.5 Å². The van der Waals surface area contributed by atoms with Gasteiger partial charge in [-0.1, -0.05) is 54.1 Å². The van der Waals surface area contributed by atoms with Gasteiger partial charge >= 0.3 is 0 Å². The summed E-state index contributed by atoms with van der Waals surface area (Å²) < 4.78 is 29.3. The van der Waals surface area contributed by atoms with Crippen molar-refractivity contribution in [2.24, 2.45) is 15.2 Å². The molecule has 4 aromatic rings. The van der Waals surface area contributed by atoms with Crippen molar-refractivity contribution in [3.05, 3.63) is 101 Å². The first kappa shape index (κ1) is 23.6. The molecule has 0 saturated carbocycles. The minimum absolute atomic E-state index is 0.0751. The highest BCUT2D eigenvalue weighted by Gasteiger charge is 2.44. The summed E-state index contributed by atoms with van der Waals surface area (Å²) in [6.45, 7) is -0.149. The molecule has 0 radical (unpaired) electrons. The van der Waals surface area contributed by atoms with Crippen molar-refractivity contribution in [1.29, 1.82) is 0 Å². The van der Waals surface area contributed by atoms with Gasteiger partial charge in [0.1, 0.15) is 5.71 Å². The maximum Gasteiger partial charge on any atom is 0.285 e. The number of aliphatic hydroxyl groups is 1. The predicted octanol–water partition coefficient (Wildman–Crippen LogP) is 1.93. The Morgan fingerprint density at radius 3 is 2.36 bits per heavy atom. The van der Waals surface area contributed by atoms with Crippen molar-refractivity contribution in [1.82, 2.24) is 25.2 Å². The Bertz CT molecular complexity index is 1540. The molecule has 13 heteroatoms. The van der Waals surface area contributed by atoms with Crippen molar-refractivity contribution in [2.45, 2.75) is 10.5 Å². The second kappa shape index (κ2) is 9.15. The molecule has 0 fully saturated rings. The third-order valence-electron chi connectivity index (χ3n) is 5.55. The molecule has 0 spiro atoms. The SMILES string of the molecule is N/C(=N\S(=O)(=O)c1ccc(Cl)cc1)N1CC(O)(c2ccccc2)C(c2ccc(-n3ncnn3)cc2)=N1. The molecule has 1 unspecified atom stereocenters. The Balaban J connectivity index is 1.53. The molecule has 36 heavy (non-hydrogen) atoms. The van der Waals surface area contributed by atoms with E-state index in [1.807, 2.05) is 6.07 Å². The molecule has 1 aliphatic heterocycles. The number of rotatable bonds is 5. The lowest BCUT2D eigenvalue weighted by Crippen LogP contribution is -2.42. The normalized spacial score (nSPS) is 18.3. The molecule has 2 heterocycles. The molecule has 0 bridgehead atoms. The van der Waals surface area contributed by atoms with Gasteiger partial charge in [0, 0.05) is 10.6 Å². The Labute approximate surface area is 211 Å². The molecule has 11 nitrogen and oxygen atoms in total. The van der Waals surface area contributed by atoms with Crippen molar-refractivity contribution in [3.8, 4) is 5.69 Å². The van der Waals surface area contributed by atoms with Gasteiger partial charge in [0.15, 0.2) is 11.9 Å². The molecule has 1 aromatic heterocycles. The van der Waals surface area contributed by atoms with Crippen LogP contribution in [-0.4, -0.2) is 57.0 Å². The average Bonchev–Trinajstić information content (AvgIpc) is 3.54. The highest BCUT2D eigenvalue weighted by atomic mass is 35.5. The van der Waals surface area contributed by atoms with Crippen molar-refractivity contribution < 1.29 is 13.5 Å². The van der Waals surface area contributed by atoms with E-state index in [0.717, 1.165) is 0 Å². The summed E-state index contributed by atoms with van der Waals surface area (Å²) in [5.41, 5.74) is 6.56. The van der Waals surface area contributed by atoms with Crippen LogP contribution in [0.3, 0.4) is 0 Å². The molecule has 3 aromatic carbocycles. The van der Waals surface area contributed by atoms with Gasteiger partial charge in [-0.15, -0.1) is 19.4 Å². The number of sulfonamides is 1. The molecule has 182 valence electrons. The van der Waals surface area contributed by atoms with Gasteiger partial charge in [-0.25, -0.2) is 5.01 Å². The van der Waals surface area contributed by atoms with Crippen LogP contribution in [-0.2, 0) is 15.6 Å². The van der Waals surface area contributed by atoms with Crippen LogP contribution >= 0.6 is 11.6 Å². The summed E-state index contributed by atoms with van der Waals surface area (Å²) in [4.78, 5) is 1.27. The molecule has 0 aliphatic carbocycles. The van der Waals surface area contributed by atoms with Crippen LogP contribution in [0.1, 0.15) is 11.1 Å². The lowest BCUT2D eigenvalue weighted by atomic mass is 9.86. The predicted molar refractivity (Wildman–Crippen MR) is 133 cm³/mol. The monoisotopic (exact) mass is 522 g/mol. The van der Waals surface area contributed by atoms with Crippen LogP contribution in [0.4, 0.5) is 0 Å². The van der Waals surface area contributed by atoms with Crippen LogP contribution in [0.5, 0.6) is 0 Å². The van der Waals surface area contributed by atoms with Crippen LogP contribution in [0.25, 0.3) is 5.69 Å². The zero-order chi connectivity index (χ0) is 25.3. The van der Waals surface area contributed by atoms with Gasteiger partial charge in [-0.05, 0) is 47.2 Å². The third kappa shape index (κ3) is 4.44. The van der Waals surface area contributed by atoms with Crippen LogP contribution < -0.4 is 5.73 Å². The molecule has 0 saturated heterocycles. The maximum atomic E-state index is 12.8. The lowest BCUT2D eigenvalue weighted by Gasteiger charge is -2.25. The van der Waals surface area contributed by atoms with Crippen LogP contribution in [0.2, 0.25) is 5.02 Å². The van der Waals surface area contributed by atoms with E-state index in [1.165, 1.54) is 40.4 Å². The first-order chi connectivity index (χ1) is 17.3. The molecule has 0 amide bonds. The third-order valence-corrected chi connectivity index (χ3v) is 7.10. The Hall–Kier alpha value is -4.13. The summed E-state index contributed by atoms with van der Waals surface area (Å²) in [6.07, 6.45) is 1.32. The molecular formula is C23H19ClN8O3S. The van der Waals surface area contributed by atoms with E-state index in [9.17, 15) is 13.5 Å². The highest BCUT2D eigenvalue weighted by Crippen LogP contribution is 2.33. The average molecular weight is 523 g/mol. The molecule has 5 rings (SSSR count). The summed E-state index contributed by atoms with van der Waals surface area (Å²) in [5.74, 6) is -0.391. The molecule has 1 aliphatic rings. The fourth-order valence-electron chi connectivity index (χ4n) is 3.77. The number of β-amino-alcohol motifs (C(OH)–C–C–N with tert-alkyl or cyclic N) is 1. The first-order valence-corrected chi connectivity index (χ1v) is 12.4. The highest BCUT2D eigenvalue weighted by molar-refractivity contribution is 7.90. The first-order valence-electron chi connectivity index (χ1n) is 10.6. The lowest BCUT2D eigenvalue weighted by molar-refractivity contribution is 0.104. The summed E-state index contributed by atoms with van der Waals surface area (Å²) in [7, 11) is -4.14. The number of hydrogen-bond acceptors (Lipinski definition) is 7. The standard InChI is InChI=1S/C23H19ClN8O3S/c24-18-8-12-20(13-9-18)36(34,35)29-22(25)31-14-23(33,17-4-2-1-3-5-17)21(28-31)16-6-10-19(11-7-16)32-27-15-26-30-32/h1-13,15,33H,14H2,(H2,25,29). The number of nitrogens with two attached hydrogens (primary N) is 1. The number of halogens is 1. The second-order valence-electron chi connectivity index (χ2n) is 7.88. The van der Waals surface area contributed by atoms with E-state index in [4.69, 9.17) is 17.3 Å². The Kier molecular flexibility index (Phi) is 6.00. The van der Waals surface area contributed by atoms with Gasteiger partial charge < -0.3 is 10.8 Å². The quantitative estimate of drug-likeness (QED) is 0.298. The van der Waals surface area contributed by atoms with E-state index >= 15 is 0 Å². The minimum atomic E-state index is -4.14. The number of nitrogens with zero attached hydrogens (tertiary/aromatic N) is 7. The van der Waals surface area contributed by atoms with Gasteiger partial charge in [0.2, 0.25) is 5.96 Å². The fraction of sp³-hybridized carbons (Fsp3) is 0.0870. The topological polar surface area (TPSA) is 152 Å². The number of aromatic nitrogens is 4. The zero-order valence-corrected chi connectivity index (χ0v) is 20.1. The van der Waals surface area contributed by atoms with E-state index < -0.39 is 21.6 Å². The smallest absolute Gasteiger partial charge is 0.285 e. The summed E-state index contributed by atoms with van der Waals surface area (Å²) >= 11 is 5.85. The van der Waals surface area contributed by atoms with Crippen molar-refractivity contribution >= 4 is 33.3 Å². The van der Waals surface area contributed by atoms with Gasteiger partial charge in [-0.2, -0.15) is 13.5 Å². The second-order valence-corrected chi connectivity index (χ2v) is 9.92. The largest absolute Gasteiger partial charge is 0.377 e. The minimum Gasteiger partial charge on any atom is -0.377 e. The zero-order valence-electron chi connectivity index (χ0n) is 18.5. The molecule has 3 N–H and O–H groups in total. The number of benzene rings is 3. The maximum absolute atomic E-state index is 12.8. The number of guanidine groups is 1. The van der Waals surface area contributed by atoms with Crippen molar-refractivity contribution in [3.63, 3.8) is 0 Å². The Morgan fingerprint density at radius 1 is 1.03 bits per heavy atom. The summed E-state index contributed by atoms with van der Waals surface area (Å²) in [6, 6.07) is 21.4. The number of hydrazone groups is 1. The van der Waals surface area contributed by atoms with E-state index in [2.05, 4.69) is 24.9 Å². The number of hydrogen-bond donors (Lipinski definition) is 2. The van der Waals surface area contributed by atoms with E-state index in [0.29, 0.717) is 21.8 Å².